The second-order valence-electron chi connectivity index (χ2n) is 2.60. The molecule has 1 aromatic rings. The van der Waals surface area contributed by atoms with E-state index in [9.17, 15) is 9.90 Å². The van der Waals surface area contributed by atoms with Crippen molar-refractivity contribution >= 4 is 17.4 Å². The third-order valence-electron chi connectivity index (χ3n) is 1.35. The molecule has 1 aromatic carbocycles. The molecule has 0 radical (unpaired) electrons. The van der Waals surface area contributed by atoms with Crippen molar-refractivity contribution in [3.63, 3.8) is 0 Å². The number of phenolic OH excluding ortho intramolecular Hbond substituents is 1. The number of ether oxygens (including phenoxy) is 1. The monoisotopic (exact) mass is 200 g/mol. The van der Waals surface area contributed by atoms with Crippen LogP contribution in [-0.4, -0.2) is 17.5 Å². The van der Waals surface area contributed by atoms with Crippen molar-refractivity contribution in [1.82, 2.24) is 0 Å². The van der Waals surface area contributed by atoms with Crippen LogP contribution in [0.4, 0.5) is 0 Å². The van der Waals surface area contributed by atoms with Crippen molar-refractivity contribution in [3.8, 4) is 11.5 Å². The highest BCUT2D eigenvalue weighted by Gasteiger charge is 2.03. The summed E-state index contributed by atoms with van der Waals surface area (Å²) >= 11 is 5.66. The normalized spacial score (nSPS) is 9.69. The fraction of sp³-hybridized carbons (Fsp3) is 0.222. The molecule has 0 aromatic heterocycles. The van der Waals surface area contributed by atoms with Crippen LogP contribution in [0, 0.1) is 0 Å². The molecule has 1 N–H and O–H groups in total. The van der Waals surface area contributed by atoms with Gasteiger partial charge < -0.3 is 9.84 Å². The Morgan fingerprint density at radius 1 is 1.62 bits per heavy atom. The third-order valence-corrected chi connectivity index (χ3v) is 1.59. The van der Waals surface area contributed by atoms with E-state index in [1.165, 1.54) is 25.1 Å². The molecule has 0 atom stereocenters. The van der Waals surface area contributed by atoms with Crippen molar-refractivity contribution in [2.24, 2.45) is 0 Å². The van der Waals surface area contributed by atoms with E-state index in [0.717, 1.165) is 0 Å². The first-order chi connectivity index (χ1) is 6.09. The highest BCUT2D eigenvalue weighted by atomic mass is 35.5. The van der Waals surface area contributed by atoms with Gasteiger partial charge >= 0.3 is 0 Å². The third kappa shape index (κ3) is 2.95. The van der Waals surface area contributed by atoms with E-state index in [1.807, 2.05) is 0 Å². The van der Waals surface area contributed by atoms with Crippen molar-refractivity contribution in [1.29, 1.82) is 0 Å². The van der Waals surface area contributed by atoms with Crippen LogP contribution in [0.1, 0.15) is 6.92 Å². The molecule has 0 unspecified atom stereocenters. The molecule has 13 heavy (non-hydrogen) atoms. The average Bonchev–Trinajstić information content (AvgIpc) is 2.06. The Bertz CT molecular complexity index is 323. The van der Waals surface area contributed by atoms with E-state index in [0.29, 0.717) is 5.02 Å². The maximum Gasteiger partial charge on any atom is 0.167 e. The summed E-state index contributed by atoms with van der Waals surface area (Å²) in [7, 11) is 0. The number of ketones is 1. The molecule has 0 saturated carbocycles. The maximum absolute atomic E-state index is 10.6. The summed E-state index contributed by atoms with van der Waals surface area (Å²) in [6, 6.07) is 4.41. The van der Waals surface area contributed by atoms with Gasteiger partial charge in [-0.1, -0.05) is 11.6 Å². The Morgan fingerprint density at radius 2 is 2.31 bits per heavy atom. The minimum absolute atomic E-state index is 0.0225. The minimum Gasteiger partial charge on any atom is -0.504 e. The first-order valence-electron chi connectivity index (χ1n) is 3.70. The molecule has 0 bridgehead atoms. The molecule has 4 heteroatoms. The Morgan fingerprint density at radius 3 is 2.92 bits per heavy atom. The molecule has 0 saturated heterocycles. The molecular formula is C9H9ClO3. The van der Waals surface area contributed by atoms with Gasteiger partial charge in [0.2, 0.25) is 0 Å². The second kappa shape index (κ2) is 4.14. The predicted molar refractivity (Wildman–Crippen MR) is 49.3 cm³/mol. The van der Waals surface area contributed by atoms with Crippen LogP contribution < -0.4 is 4.74 Å². The Labute approximate surface area is 80.9 Å². The summed E-state index contributed by atoms with van der Waals surface area (Å²) in [5.41, 5.74) is 0. The van der Waals surface area contributed by atoms with Crippen molar-refractivity contribution in [3.05, 3.63) is 23.2 Å². The smallest absolute Gasteiger partial charge is 0.167 e. The summed E-state index contributed by atoms with van der Waals surface area (Å²) in [5, 5.41) is 9.71. The SMILES string of the molecule is CC(=O)COc1cc(Cl)ccc1O. The topological polar surface area (TPSA) is 46.5 Å². The van der Waals surface area contributed by atoms with Gasteiger partial charge in [-0.3, -0.25) is 4.79 Å². The molecule has 0 heterocycles. The molecule has 3 nitrogen and oxygen atoms in total. The Kier molecular flexibility index (Phi) is 3.14. The molecule has 0 aliphatic carbocycles. The zero-order chi connectivity index (χ0) is 9.84. The van der Waals surface area contributed by atoms with Gasteiger partial charge in [-0.05, 0) is 19.1 Å². The maximum atomic E-state index is 10.6. The number of aromatic hydroxyl groups is 1. The van der Waals surface area contributed by atoms with Crippen molar-refractivity contribution < 1.29 is 14.6 Å². The molecule has 0 amide bonds. The summed E-state index contributed by atoms with van der Waals surface area (Å²) in [4.78, 5) is 10.6. The number of rotatable bonds is 3. The molecule has 0 spiro atoms. The highest BCUT2D eigenvalue weighted by Crippen LogP contribution is 2.28. The lowest BCUT2D eigenvalue weighted by atomic mass is 10.3. The van der Waals surface area contributed by atoms with E-state index < -0.39 is 0 Å². The first kappa shape index (κ1) is 9.86. The van der Waals surface area contributed by atoms with Gasteiger partial charge in [0.05, 0.1) is 0 Å². The lowest BCUT2D eigenvalue weighted by Gasteiger charge is -2.05. The Balaban J connectivity index is 2.75. The highest BCUT2D eigenvalue weighted by molar-refractivity contribution is 6.30. The van der Waals surface area contributed by atoms with Crippen LogP contribution in [0.2, 0.25) is 5.02 Å². The number of hydrogen-bond acceptors (Lipinski definition) is 3. The number of carbonyl (C=O) groups is 1. The fourth-order valence-corrected chi connectivity index (χ4v) is 0.945. The van der Waals surface area contributed by atoms with Crippen molar-refractivity contribution in [2.45, 2.75) is 6.92 Å². The largest absolute Gasteiger partial charge is 0.504 e. The molecule has 0 aliphatic rings. The minimum atomic E-state index is -0.112. The number of hydrogen-bond donors (Lipinski definition) is 1. The zero-order valence-electron chi connectivity index (χ0n) is 7.08. The van der Waals surface area contributed by atoms with E-state index >= 15 is 0 Å². The van der Waals surface area contributed by atoms with E-state index in [4.69, 9.17) is 16.3 Å². The quantitative estimate of drug-likeness (QED) is 0.812. The van der Waals surface area contributed by atoms with Crippen LogP contribution in [0.5, 0.6) is 11.5 Å². The van der Waals surface area contributed by atoms with Crippen LogP contribution in [-0.2, 0) is 4.79 Å². The van der Waals surface area contributed by atoms with Crippen LogP contribution in [0.25, 0.3) is 0 Å². The number of phenols is 1. The summed E-state index contributed by atoms with van der Waals surface area (Å²) < 4.78 is 5.00. The second-order valence-corrected chi connectivity index (χ2v) is 3.04. The zero-order valence-corrected chi connectivity index (χ0v) is 7.84. The molecular weight excluding hydrogens is 192 g/mol. The van der Waals surface area contributed by atoms with Gasteiger partial charge in [-0.15, -0.1) is 0 Å². The van der Waals surface area contributed by atoms with Crippen LogP contribution >= 0.6 is 11.6 Å². The van der Waals surface area contributed by atoms with E-state index in [2.05, 4.69) is 0 Å². The number of halogens is 1. The fourth-order valence-electron chi connectivity index (χ4n) is 0.783. The standard InChI is InChI=1S/C9H9ClO3/c1-6(11)5-13-9-4-7(10)2-3-8(9)12/h2-4,12H,5H2,1H3. The Hall–Kier alpha value is -1.22. The van der Waals surface area contributed by atoms with Gasteiger partial charge in [0.1, 0.15) is 6.61 Å². The molecule has 70 valence electrons. The van der Waals surface area contributed by atoms with Crippen molar-refractivity contribution in [2.75, 3.05) is 6.61 Å². The van der Waals surface area contributed by atoms with Gasteiger partial charge in [0, 0.05) is 11.1 Å². The van der Waals surface area contributed by atoms with Crippen LogP contribution in [0.3, 0.4) is 0 Å². The van der Waals surface area contributed by atoms with Gasteiger partial charge in [-0.2, -0.15) is 0 Å². The summed E-state index contributed by atoms with van der Waals surface area (Å²) in [5.74, 6) is 0.0905. The van der Waals surface area contributed by atoms with Crippen LogP contribution in [0.15, 0.2) is 18.2 Å². The number of benzene rings is 1. The van der Waals surface area contributed by atoms with E-state index in [-0.39, 0.29) is 23.9 Å². The van der Waals surface area contributed by atoms with Gasteiger partial charge in [0.25, 0.3) is 0 Å². The molecule has 1 rings (SSSR count). The summed E-state index contributed by atoms with van der Waals surface area (Å²) in [6.45, 7) is 1.34. The molecule has 0 aliphatic heterocycles. The number of carbonyl (C=O) groups excluding carboxylic acids is 1. The average molecular weight is 201 g/mol. The molecule has 0 fully saturated rings. The first-order valence-corrected chi connectivity index (χ1v) is 4.08. The van der Waals surface area contributed by atoms with Gasteiger partial charge in [0.15, 0.2) is 17.3 Å². The summed E-state index contributed by atoms with van der Waals surface area (Å²) in [6.07, 6.45) is 0. The lowest BCUT2D eigenvalue weighted by molar-refractivity contribution is -0.118. The van der Waals surface area contributed by atoms with Gasteiger partial charge in [-0.25, -0.2) is 0 Å². The number of Topliss-reactive ketones (excluding diaryl/α,β-unsaturated/α-hetero) is 1. The lowest BCUT2D eigenvalue weighted by Crippen LogP contribution is -2.06. The van der Waals surface area contributed by atoms with E-state index in [1.54, 1.807) is 0 Å². The predicted octanol–water partition coefficient (Wildman–Crippen LogP) is 2.01.